The topological polar surface area (TPSA) is 76.8 Å². The van der Waals surface area contributed by atoms with Crippen molar-refractivity contribution in [3.63, 3.8) is 0 Å². The molecule has 0 aliphatic carbocycles. The highest BCUT2D eigenvalue weighted by molar-refractivity contribution is 6.21. The van der Waals surface area contributed by atoms with Crippen molar-refractivity contribution in [2.24, 2.45) is 0 Å². The molecule has 0 spiro atoms. The van der Waals surface area contributed by atoms with E-state index in [2.05, 4.69) is 0 Å². The van der Waals surface area contributed by atoms with E-state index >= 15 is 0 Å². The monoisotopic (exact) mass is 299 g/mol. The lowest BCUT2D eigenvalue weighted by Crippen LogP contribution is -2.33. The normalized spacial score (nSPS) is 13.4. The number of rotatable bonds is 4. The molecule has 0 N–H and O–H groups in total. The van der Waals surface area contributed by atoms with Gasteiger partial charge < -0.3 is 9.15 Å². The minimum absolute atomic E-state index is 0.0228. The highest BCUT2D eigenvalue weighted by Gasteiger charge is 2.34. The minimum atomic E-state index is -0.539. The van der Waals surface area contributed by atoms with Crippen LogP contribution in [0, 0.1) is 6.92 Å². The van der Waals surface area contributed by atoms with Crippen LogP contribution in [0.2, 0.25) is 0 Å². The Morgan fingerprint density at radius 3 is 2.32 bits per heavy atom. The lowest BCUT2D eigenvalue weighted by atomic mass is 10.1. The predicted molar refractivity (Wildman–Crippen MR) is 75.5 cm³/mol. The van der Waals surface area contributed by atoms with Crippen molar-refractivity contribution in [3.8, 4) is 0 Å². The summed E-state index contributed by atoms with van der Waals surface area (Å²) in [7, 11) is 0. The molecule has 6 nitrogen and oxygen atoms in total. The van der Waals surface area contributed by atoms with Gasteiger partial charge in [-0.05, 0) is 25.1 Å². The summed E-state index contributed by atoms with van der Waals surface area (Å²) in [5.41, 5.74) is 1.09. The minimum Gasteiger partial charge on any atom is -0.469 e. The predicted octanol–water partition coefficient (Wildman–Crippen LogP) is 2.04. The molecule has 0 unspecified atom stereocenters. The highest BCUT2D eigenvalue weighted by atomic mass is 16.5. The van der Waals surface area contributed by atoms with Crippen molar-refractivity contribution in [1.82, 2.24) is 4.90 Å². The van der Waals surface area contributed by atoms with Gasteiger partial charge in [0.25, 0.3) is 11.8 Å². The third kappa shape index (κ3) is 2.28. The first-order valence-corrected chi connectivity index (χ1v) is 6.76. The van der Waals surface area contributed by atoms with Crippen LogP contribution in [-0.2, 0) is 4.74 Å². The van der Waals surface area contributed by atoms with E-state index < -0.39 is 5.97 Å². The molecule has 1 aliphatic heterocycles. The molecule has 0 fully saturated rings. The first-order valence-electron chi connectivity index (χ1n) is 6.76. The number of hydrogen-bond donors (Lipinski definition) is 0. The summed E-state index contributed by atoms with van der Waals surface area (Å²) in [4.78, 5) is 37.1. The Hall–Kier alpha value is -2.89. The number of furan rings is 1. The van der Waals surface area contributed by atoms with Gasteiger partial charge in [-0.1, -0.05) is 12.1 Å². The fourth-order valence-corrected chi connectivity index (χ4v) is 2.35. The molecule has 0 bridgehead atoms. The Bertz CT molecular complexity index is 726. The summed E-state index contributed by atoms with van der Waals surface area (Å²) in [6.07, 6.45) is 1.40. The van der Waals surface area contributed by atoms with E-state index in [1.165, 1.54) is 12.3 Å². The van der Waals surface area contributed by atoms with Crippen molar-refractivity contribution in [3.05, 3.63) is 59.0 Å². The molecule has 0 radical (unpaired) electrons. The van der Waals surface area contributed by atoms with Gasteiger partial charge in [0.1, 0.15) is 17.9 Å². The molecule has 1 aromatic heterocycles. The number of carbonyl (C=O) groups is 3. The Morgan fingerprint density at radius 2 is 1.77 bits per heavy atom. The molecule has 2 heterocycles. The van der Waals surface area contributed by atoms with Gasteiger partial charge in [0, 0.05) is 0 Å². The molecule has 0 saturated carbocycles. The second-order valence-electron chi connectivity index (χ2n) is 4.83. The summed E-state index contributed by atoms with van der Waals surface area (Å²) in [5.74, 6) is -0.805. The number of imide groups is 1. The number of benzene rings is 1. The fourth-order valence-electron chi connectivity index (χ4n) is 2.35. The van der Waals surface area contributed by atoms with Gasteiger partial charge in [-0.2, -0.15) is 0 Å². The molecule has 1 aromatic carbocycles. The average molecular weight is 299 g/mol. The van der Waals surface area contributed by atoms with Gasteiger partial charge in [-0.3, -0.25) is 14.5 Å². The lowest BCUT2D eigenvalue weighted by Gasteiger charge is -2.13. The Balaban J connectivity index is 1.62. The molecular formula is C16H13NO5. The van der Waals surface area contributed by atoms with Gasteiger partial charge in [0.05, 0.1) is 23.9 Å². The summed E-state index contributed by atoms with van der Waals surface area (Å²) >= 11 is 0. The van der Waals surface area contributed by atoms with E-state index in [9.17, 15) is 14.4 Å². The van der Waals surface area contributed by atoms with Crippen molar-refractivity contribution in [2.45, 2.75) is 6.92 Å². The van der Waals surface area contributed by atoms with Gasteiger partial charge >= 0.3 is 5.97 Å². The molecular weight excluding hydrogens is 286 g/mol. The Kier molecular flexibility index (Phi) is 3.50. The van der Waals surface area contributed by atoms with Crippen LogP contribution >= 0.6 is 0 Å². The largest absolute Gasteiger partial charge is 0.469 e. The number of carbonyl (C=O) groups excluding carboxylic acids is 3. The Labute approximate surface area is 126 Å². The van der Waals surface area contributed by atoms with Crippen LogP contribution < -0.4 is 0 Å². The highest BCUT2D eigenvalue weighted by Crippen LogP contribution is 2.22. The second kappa shape index (κ2) is 5.48. The zero-order valence-electron chi connectivity index (χ0n) is 11.9. The zero-order chi connectivity index (χ0) is 15.7. The SMILES string of the molecule is Cc1occc1C(=O)OCCN1C(=O)c2ccccc2C1=O. The second-order valence-corrected chi connectivity index (χ2v) is 4.83. The molecule has 6 heteroatoms. The van der Waals surface area contributed by atoms with Crippen LogP contribution in [0.3, 0.4) is 0 Å². The summed E-state index contributed by atoms with van der Waals surface area (Å²) in [5, 5.41) is 0. The molecule has 2 amide bonds. The van der Waals surface area contributed by atoms with E-state index in [1.807, 2.05) is 0 Å². The molecule has 2 aromatic rings. The molecule has 0 atom stereocenters. The smallest absolute Gasteiger partial charge is 0.341 e. The molecule has 3 rings (SSSR count). The van der Waals surface area contributed by atoms with Gasteiger partial charge in [0.2, 0.25) is 0 Å². The van der Waals surface area contributed by atoms with Crippen LogP contribution in [-0.4, -0.2) is 35.8 Å². The number of amides is 2. The maximum atomic E-state index is 12.1. The van der Waals surface area contributed by atoms with Crippen LogP contribution in [0.1, 0.15) is 36.8 Å². The number of ether oxygens (including phenoxy) is 1. The van der Waals surface area contributed by atoms with Crippen LogP contribution in [0.5, 0.6) is 0 Å². The fraction of sp³-hybridized carbons (Fsp3) is 0.188. The molecule has 112 valence electrons. The third-order valence-corrected chi connectivity index (χ3v) is 3.50. The first kappa shape index (κ1) is 14.1. The summed E-state index contributed by atoms with van der Waals surface area (Å²) < 4.78 is 10.1. The van der Waals surface area contributed by atoms with Gasteiger partial charge in [-0.15, -0.1) is 0 Å². The Morgan fingerprint density at radius 1 is 1.14 bits per heavy atom. The van der Waals surface area contributed by atoms with Crippen molar-refractivity contribution >= 4 is 17.8 Å². The zero-order valence-corrected chi connectivity index (χ0v) is 11.9. The third-order valence-electron chi connectivity index (χ3n) is 3.50. The molecule has 22 heavy (non-hydrogen) atoms. The van der Waals surface area contributed by atoms with Crippen LogP contribution in [0.4, 0.5) is 0 Å². The number of nitrogens with zero attached hydrogens (tertiary/aromatic N) is 1. The molecule has 0 saturated heterocycles. The maximum absolute atomic E-state index is 12.1. The number of hydrogen-bond acceptors (Lipinski definition) is 5. The summed E-state index contributed by atoms with van der Waals surface area (Å²) in [6, 6.07) is 8.14. The first-order chi connectivity index (χ1) is 10.6. The van der Waals surface area contributed by atoms with Gasteiger partial charge in [0.15, 0.2) is 0 Å². The van der Waals surface area contributed by atoms with Crippen molar-refractivity contribution in [1.29, 1.82) is 0 Å². The number of fused-ring (bicyclic) bond motifs is 1. The van der Waals surface area contributed by atoms with E-state index in [-0.39, 0.29) is 25.0 Å². The van der Waals surface area contributed by atoms with Crippen molar-refractivity contribution in [2.75, 3.05) is 13.2 Å². The van der Waals surface area contributed by atoms with Crippen molar-refractivity contribution < 1.29 is 23.5 Å². The van der Waals surface area contributed by atoms with E-state index in [4.69, 9.17) is 9.15 Å². The molecule has 1 aliphatic rings. The average Bonchev–Trinajstić information content (AvgIpc) is 3.05. The maximum Gasteiger partial charge on any atom is 0.341 e. The van der Waals surface area contributed by atoms with Gasteiger partial charge in [-0.25, -0.2) is 4.79 Å². The van der Waals surface area contributed by atoms with Crippen LogP contribution in [0.15, 0.2) is 41.0 Å². The number of esters is 1. The quantitative estimate of drug-likeness (QED) is 0.638. The van der Waals surface area contributed by atoms with E-state index in [0.717, 1.165) is 4.90 Å². The summed E-state index contributed by atoms with van der Waals surface area (Å²) in [6.45, 7) is 1.62. The van der Waals surface area contributed by atoms with E-state index in [0.29, 0.717) is 22.5 Å². The lowest BCUT2D eigenvalue weighted by molar-refractivity contribution is 0.0419. The number of aryl methyl sites for hydroxylation is 1. The standard InChI is InChI=1S/C16H13NO5/c1-10-11(6-8-21-10)16(20)22-9-7-17-14(18)12-4-2-3-5-13(12)15(17)19/h2-6,8H,7,9H2,1H3. The van der Waals surface area contributed by atoms with Crippen LogP contribution in [0.25, 0.3) is 0 Å². The van der Waals surface area contributed by atoms with E-state index in [1.54, 1.807) is 31.2 Å².